The summed E-state index contributed by atoms with van der Waals surface area (Å²) in [6, 6.07) is 10.3. The Kier molecular flexibility index (Phi) is 6.27. The summed E-state index contributed by atoms with van der Waals surface area (Å²) in [4.78, 5) is 29.3. The van der Waals surface area contributed by atoms with Crippen LogP contribution in [0, 0.1) is 5.82 Å². The van der Waals surface area contributed by atoms with Crippen LogP contribution in [-0.4, -0.2) is 45.0 Å². The van der Waals surface area contributed by atoms with E-state index in [1.165, 1.54) is 12.3 Å². The average molecular weight is 471 g/mol. The summed E-state index contributed by atoms with van der Waals surface area (Å²) in [5.41, 5.74) is 2.10. The monoisotopic (exact) mass is 470 g/mol. The van der Waals surface area contributed by atoms with Crippen LogP contribution in [0.1, 0.15) is 6.42 Å². The third-order valence-electron chi connectivity index (χ3n) is 5.60. The molecule has 35 heavy (non-hydrogen) atoms. The molecule has 0 aliphatic carbocycles. The van der Waals surface area contributed by atoms with Gasteiger partial charge in [-0.3, -0.25) is 9.78 Å². The van der Waals surface area contributed by atoms with Gasteiger partial charge in [-0.25, -0.2) is 19.3 Å². The van der Waals surface area contributed by atoms with Gasteiger partial charge in [0.2, 0.25) is 11.9 Å². The van der Waals surface area contributed by atoms with Gasteiger partial charge in [0, 0.05) is 36.1 Å². The second kappa shape index (κ2) is 9.82. The molecule has 4 heterocycles. The van der Waals surface area contributed by atoms with E-state index >= 15 is 0 Å². The molecule has 0 unspecified atom stereocenters. The highest BCUT2D eigenvalue weighted by molar-refractivity contribution is 6.00. The van der Waals surface area contributed by atoms with Gasteiger partial charge in [0.15, 0.2) is 0 Å². The van der Waals surface area contributed by atoms with E-state index in [-0.39, 0.29) is 11.5 Å². The number of benzene rings is 1. The van der Waals surface area contributed by atoms with Crippen LogP contribution in [0.25, 0.3) is 22.2 Å². The lowest BCUT2D eigenvalue weighted by Gasteiger charge is -2.13. The van der Waals surface area contributed by atoms with E-state index in [2.05, 4.69) is 47.8 Å². The van der Waals surface area contributed by atoms with Crippen LogP contribution < -0.4 is 21.3 Å². The maximum atomic E-state index is 15.0. The van der Waals surface area contributed by atoms with E-state index in [4.69, 9.17) is 0 Å². The molecule has 0 bridgehead atoms. The third-order valence-corrected chi connectivity index (χ3v) is 5.60. The Morgan fingerprint density at radius 1 is 1.11 bits per heavy atom. The van der Waals surface area contributed by atoms with Gasteiger partial charge < -0.3 is 21.3 Å². The molecule has 1 aromatic carbocycles. The van der Waals surface area contributed by atoms with Crippen LogP contribution in [0.3, 0.4) is 0 Å². The number of rotatable bonds is 7. The minimum atomic E-state index is -0.486. The quantitative estimate of drug-likeness (QED) is 0.301. The highest BCUT2D eigenvalue weighted by Gasteiger charge is 2.16. The van der Waals surface area contributed by atoms with Gasteiger partial charge in [-0.1, -0.05) is 6.58 Å². The van der Waals surface area contributed by atoms with Gasteiger partial charge >= 0.3 is 0 Å². The van der Waals surface area contributed by atoms with Crippen molar-refractivity contribution < 1.29 is 9.18 Å². The van der Waals surface area contributed by atoms with Gasteiger partial charge in [-0.2, -0.15) is 0 Å². The van der Waals surface area contributed by atoms with Crippen LogP contribution in [0.4, 0.5) is 27.5 Å². The zero-order chi connectivity index (χ0) is 24.2. The molecule has 1 amide bonds. The van der Waals surface area contributed by atoms with E-state index in [1.54, 1.807) is 30.6 Å². The molecule has 176 valence electrons. The lowest BCUT2D eigenvalue weighted by Crippen LogP contribution is -2.22. The second-order valence-corrected chi connectivity index (χ2v) is 8.07. The van der Waals surface area contributed by atoms with E-state index in [0.717, 1.165) is 31.4 Å². The molecule has 4 aromatic rings. The first-order valence-electron chi connectivity index (χ1n) is 11.1. The highest BCUT2D eigenvalue weighted by atomic mass is 19.1. The summed E-state index contributed by atoms with van der Waals surface area (Å²) in [7, 11) is 0. The van der Waals surface area contributed by atoms with Crippen molar-refractivity contribution in [2.45, 2.75) is 12.5 Å². The Morgan fingerprint density at radius 3 is 2.80 bits per heavy atom. The van der Waals surface area contributed by atoms with Gasteiger partial charge in [0.05, 0.1) is 28.7 Å². The maximum absolute atomic E-state index is 15.0. The minimum absolute atomic E-state index is 0.213. The summed E-state index contributed by atoms with van der Waals surface area (Å²) in [5, 5.41) is 13.1. The molecule has 0 radical (unpaired) electrons. The topological polar surface area (TPSA) is 117 Å². The summed E-state index contributed by atoms with van der Waals surface area (Å²) in [6.45, 7) is 5.36. The SMILES string of the molecule is C=CC(=O)Nc1ccnc(-c2c(F)ccc3cnc(Nc4ccc(N[C@H]5CCNC5)nc4)nc23)c1. The maximum Gasteiger partial charge on any atom is 0.247 e. The number of carbonyl (C=O) groups is 1. The first kappa shape index (κ1) is 22.4. The van der Waals surface area contributed by atoms with Crippen molar-refractivity contribution in [2.24, 2.45) is 0 Å². The van der Waals surface area contributed by atoms with Gasteiger partial charge in [0.1, 0.15) is 11.6 Å². The number of hydrogen-bond acceptors (Lipinski definition) is 8. The Labute approximate surface area is 200 Å². The molecule has 10 heteroatoms. The molecule has 4 N–H and O–H groups in total. The van der Waals surface area contributed by atoms with Crippen LogP contribution >= 0.6 is 0 Å². The fourth-order valence-electron chi connectivity index (χ4n) is 3.88. The predicted octanol–water partition coefficient (Wildman–Crippen LogP) is 3.87. The minimum Gasteiger partial charge on any atom is -0.366 e. The van der Waals surface area contributed by atoms with Crippen molar-refractivity contribution in [1.29, 1.82) is 0 Å². The van der Waals surface area contributed by atoms with Gasteiger partial charge in [-0.15, -0.1) is 0 Å². The fraction of sp³-hybridized carbons (Fsp3) is 0.160. The van der Waals surface area contributed by atoms with Crippen LogP contribution in [-0.2, 0) is 4.79 Å². The lowest BCUT2D eigenvalue weighted by molar-refractivity contribution is -0.111. The summed E-state index contributed by atoms with van der Waals surface area (Å²) in [6.07, 6.45) is 7.03. The third kappa shape index (κ3) is 5.07. The van der Waals surface area contributed by atoms with Crippen molar-refractivity contribution in [3.05, 3.63) is 73.5 Å². The molecular weight excluding hydrogens is 447 g/mol. The zero-order valence-corrected chi connectivity index (χ0v) is 18.8. The number of amides is 1. The van der Waals surface area contributed by atoms with Gasteiger partial charge in [-0.05, 0) is 55.4 Å². The molecule has 1 aliphatic rings. The first-order chi connectivity index (χ1) is 17.1. The lowest BCUT2D eigenvalue weighted by atomic mass is 10.1. The van der Waals surface area contributed by atoms with Crippen molar-refractivity contribution in [2.75, 3.05) is 29.0 Å². The Hall–Kier alpha value is -4.44. The number of aromatic nitrogens is 4. The Morgan fingerprint density at radius 2 is 2.03 bits per heavy atom. The normalized spacial score (nSPS) is 15.1. The number of nitrogens with zero attached hydrogens (tertiary/aromatic N) is 4. The van der Waals surface area contributed by atoms with E-state index in [0.29, 0.717) is 40.0 Å². The molecule has 3 aromatic heterocycles. The average Bonchev–Trinajstić information content (AvgIpc) is 3.38. The number of nitrogens with one attached hydrogen (secondary N) is 4. The number of anilines is 4. The van der Waals surface area contributed by atoms with Crippen molar-refractivity contribution >= 4 is 40.0 Å². The van der Waals surface area contributed by atoms with Crippen molar-refractivity contribution in [3.63, 3.8) is 0 Å². The molecule has 0 saturated carbocycles. The number of hydrogen-bond donors (Lipinski definition) is 4. The van der Waals surface area contributed by atoms with Crippen LogP contribution in [0.5, 0.6) is 0 Å². The van der Waals surface area contributed by atoms with Crippen LogP contribution in [0.2, 0.25) is 0 Å². The van der Waals surface area contributed by atoms with E-state index in [1.807, 2.05) is 12.1 Å². The standard InChI is InChI=1S/C25H23FN8O/c1-2-22(35)32-16-8-10-28-20(11-16)23-19(26)5-3-15-12-30-25(34-24(15)23)33-17-4-6-21(29-14-17)31-18-7-9-27-13-18/h2-6,8,10-12,14,18,27H,1,7,9,13H2,(H,29,31)(H,28,32,35)(H,30,33,34)/t18-/m0/s1. The number of fused-ring (bicyclic) bond motifs is 1. The van der Waals surface area contributed by atoms with Crippen molar-refractivity contribution in [1.82, 2.24) is 25.3 Å². The molecule has 0 spiro atoms. The molecular formula is C25H23FN8O. The summed E-state index contributed by atoms with van der Waals surface area (Å²) < 4.78 is 15.0. The van der Waals surface area contributed by atoms with E-state index in [9.17, 15) is 9.18 Å². The Bertz CT molecular complexity index is 1390. The fourth-order valence-corrected chi connectivity index (χ4v) is 3.88. The number of pyridine rings is 2. The smallest absolute Gasteiger partial charge is 0.247 e. The van der Waals surface area contributed by atoms with Crippen molar-refractivity contribution in [3.8, 4) is 11.3 Å². The molecule has 5 rings (SSSR count). The number of halogens is 1. The highest BCUT2D eigenvalue weighted by Crippen LogP contribution is 2.31. The number of carbonyl (C=O) groups excluding carboxylic acids is 1. The first-order valence-corrected chi connectivity index (χ1v) is 11.1. The zero-order valence-electron chi connectivity index (χ0n) is 18.8. The Balaban J connectivity index is 1.43. The molecule has 1 fully saturated rings. The summed E-state index contributed by atoms with van der Waals surface area (Å²) in [5.74, 6) is 0.231. The molecule has 1 saturated heterocycles. The molecule has 1 atom stereocenters. The van der Waals surface area contributed by atoms with Crippen LogP contribution in [0.15, 0.2) is 67.6 Å². The molecule has 9 nitrogen and oxygen atoms in total. The second-order valence-electron chi connectivity index (χ2n) is 8.07. The van der Waals surface area contributed by atoms with E-state index < -0.39 is 5.82 Å². The summed E-state index contributed by atoms with van der Waals surface area (Å²) >= 11 is 0. The predicted molar refractivity (Wildman–Crippen MR) is 134 cm³/mol. The largest absolute Gasteiger partial charge is 0.366 e. The van der Waals surface area contributed by atoms with Gasteiger partial charge in [0.25, 0.3) is 0 Å². The molecule has 1 aliphatic heterocycles.